The third kappa shape index (κ3) is 4.32. The van der Waals surface area contributed by atoms with Crippen LogP contribution in [0.1, 0.15) is 10.4 Å². The Labute approximate surface area is 181 Å². The van der Waals surface area contributed by atoms with Crippen LogP contribution in [0.25, 0.3) is 10.8 Å². The molecule has 2 N–H and O–H groups in total. The molecule has 0 heterocycles. The SMILES string of the molecule is O=C(Nc1ccc(S(=O)(=O)[O-])c2cccc(O)c12)c1cccc([N+](=O)[O-])c1.[Na+]. The first-order valence-electron chi connectivity index (χ1n) is 7.45. The molecule has 3 aromatic rings. The molecule has 0 atom stereocenters. The van der Waals surface area contributed by atoms with Crippen molar-refractivity contribution in [2.45, 2.75) is 4.90 Å². The summed E-state index contributed by atoms with van der Waals surface area (Å²) in [6.07, 6.45) is 0. The number of phenolic OH excluding ortho intramolecular Hbond substituents is 1. The van der Waals surface area contributed by atoms with Crippen molar-refractivity contribution in [1.29, 1.82) is 0 Å². The predicted octanol–water partition coefficient (Wildman–Crippen LogP) is -0.386. The summed E-state index contributed by atoms with van der Waals surface area (Å²) in [6, 6.07) is 11.2. The van der Waals surface area contributed by atoms with E-state index in [4.69, 9.17) is 0 Å². The Hall–Kier alpha value is -2.50. The summed E-state index contributed by atoms with van der Waals surface area (Å²) in [6.45, 7) is 0. The van der Waals surface area contributed by atoms with Gasteiger partial charge in [0.25, 0.3) is 11.6 Å². The van der Waals surface area contributed by atoms with Gasteiger partial charge in [-0.15, -0.1) is 0 Å². The number of non-ortho nitro benzene ring substituents is 1. The Kier molecular flexibility index (Phi) is 6.42. The third-order valence-electron chi connectivity index (χ3n) is 3.82. The quantitative estimate of drug-likeness (QED) is 0.257. The molecule has 3 rings (SSSR count). The Bertz CT molecular complexity index is 1200. The number of nitro benzene ring substituents is 1. The number of phenols is 1. The van der Waals surface area contributed by atoms with E-state index >= 15 is 0 Å². The maximum absolute atomic E-state index is 12.4. The van der Waals surface area contributed by atoms with Crippen LogP contribution in [-0.2, 0) is 10.1 Å². The molecule has 0 spiro atoms. The molecular weight excluding hydrogens is 399 g/mol. The fourth-order valence-electron chi connectivity index (χ4n) is 2.64. The van der Waals surface area contributed by atoms with Gasteiger partial charge in [0.2, 0.25) is 0 Å². The van der Waals surface area contributed by atoms with Crippen molar-refractivity contribution >= 4 is 38.2 Å². The van der Waals surface area contributed by atoms with Crippen LogP contribution in [0.15, 0.2) is 59.5 Å². The molecule has 0 saturated heterocycles. The van der Waals surface area contributed by atoms with Gasteiger partial charge in [0.1, 0.15) is 15.9 Å². The second-order valence-corrected chi connectivity index (χ2v) is 6.87. The minimum Gasteiger partial charge on any atom is -0.744 e. The number of hydrogen-bond donors (Lipinski definition) is 2. The number of benzene rings is 3. The van der Waals surface area contributed by atoms with Crippen LogP contribution >= 0.6 is 0 Å². The maximum Gasteiger partial charge on any atom is 1.00 e. The number of nitrogens with one attached hydrogen (secondary N) is 1. The fourth-order valence-corrected chi connectivity index (χ4v) is 3.31. The molecule has 0 bridgehead atoms. The number of aromatic hydroxyl groups is 1. The van der Waals surface area contributed by atoms with E-state index in [1.54, 1.807) is 0 Å². The molecule has 0 aliphatic carbocycles. The Morgan fingerprint density at radius 1 is 1.07 bits per heavy atom. The molecule has 0 aliphatic heterocycles. The van der Waals surface area contributed by atoms with Crippen molar-refractivity contribution < 1.29 is 57.4 Å². The zero-order valence-corrected chi connectivity index (χ0v) is 17.3. The first-order valence-corrected chi connectivity index (χ1v) is 8.85. The molecule has 0 unspecified atom stereocenters. The molecule has 1 amide bonds. The van der Waals surface area contributed by atoms with E-state index in [9.17, 15) is 33.0 Å². The second-order valence-electron chi connectivity index (χ2n) is 5.53. The van der Waals surface area contributed by atoms with Crippen LogP contribution in [-0.4, -0.2) is 28.9 Å². The maximum atomic E-state index is 12.4. The molecule has 0 aliphatic rings. The van der Waals surface area contributed by atoms with Gasteiger partial charge in [-0.05, 0) is 24.3 Å². The van der Waals surface area contributed by atoms with Crippen molar-refractivity contribution in [2.24, 2.45) is 0 Å². The summed E-state index contributed by atoms with van der Waals surface area (Å²) in [5.41, 5.74) is -0.233. The number of hydrogen-bond acceptors (Lipinski definition) is 7. The summed E-state index contributed by atoms with van der Waals surface area (Å²) < 4.78 is 34.3. The van der Waals surface area contributed by atoms with Gasteiger partial charge in [-0.2, -0.15) is 0 Å². The van der Waals surface area contributed by atoms with Crippen LogP contribution in [0.2, 0.25) is 0 Å². The predicted molar refractivity (Wildman–Crippen MR) is 94.6 cm³/mol. The molecular formula is C17H11N2NaO7S. The van der Waals surface area contributed by atoms with Gasteiger partial charge in [0, 0.05) is 28.5 Å². The largest absolute Gasteiger partial charge is 1.00 e. The van der Waals surface area contributed by atoms with Gasteiger partial charge in [-0.3, -0.25) is 14.9 Å². The van der Waals surface area contributed by atoms with Gasteiger partial charge >= 0.3 is 29.6 Å². The molecule has 11 heteroatoms. The van der Waals surface area contributed by atoms with Crippen molar-refractivity contribution in [3.63, 3.8) is 0 Å². The topological polar surface area (TPSA) is 150 Å². The molecule has 0 fully saturated rings. The van der Waals surface area contributed by atoms with Gasteiger partial charge in [0.15, 0.2) is 0 Å². The number of amides is 1. The van der Waals surface area contributed by atoms with E-state index < -0.39 is 25.8 Å². The van der Waals surface area contributed by atoms with Crippen molar-refractivity contribution in [3.05, 3.63) is 70.3 Å². The molecule has 9 nitrogen and oxygen atoms in total. The fraction of sp³-hybridized carbons (Fsp3) is 0. The van der Waals surface area contributed by atoms with Gasteiger partial charge in [-0.25, -0.2) is 8.42 Å². The van der Waals surface area contributed by atoms with E-state index in [1.807, 2.05) is 0 Å². The first kappa shape index (κ1) is 21.8. The number of nitrogens with zero attached hydrogens (tertiary/aromatic N) is 1. The number of nitro groups is 1. The van der Waals surface area contributed by atoms with Crippen LogP contribution in [0.4, 0.5) is 11.4 Å². The molecule has 138 valence electrons. The van der Waals surface area contributed by atoms with Crippen LogP contribution in [0.3, 0.4) is 0 Å². The van der Waals surface area contributed by atoms with E-state index in [2.05, 4.69) is 5.32 Å². The number of anilines is 1. The van der Waals surface area contributed by atoms with E-state index in [0.29, 0.717) is 0 Å². The Balaban J connectivity index is 0.00000280. The number of carbonyl (C=O) groups is 1. The minimum atomic E-state index is -4.81. The average molecular weight is 410 g/mol. The van der Waals surface area contributed by atoms with E-state index in [-0.39, 0.29) is 63.0 Å². The van der Waals surface area contributed by atoms with Gasteiger partial charge in [0.05, 0.1) is 15.5 Å². The summed E-state index contributed by atoms with van der Waals surface area (Å²) >= 11 is 0. The normalized spacial score (nSPS) is 10.9. The molecule has 3 aromatic carbocycles. The molecule has 0 radical (unpaired) electrons. The van der Waals surface area contributed by atoms with Gasteiger partial charge < -0.3 is 15.0 Å². The van der Waals surface area contributed by atoms with Gasteiger partial charge in [-0.1, -0.05) is 18.2 Å². The summed E-state index contributed by atoms with van der Waals surface area (Å²) in [5, 5.41) is 23.3. The Morgan fingerprint density at radius 2 is 1.75 bits per heavy atom. The second kappa shape index (κ2) is 8.25. The monoisotopic (exact) mass is 410 g/mol. The zero-order valence-electron chi connectivity index (χ0n) is 14.4. The standard InChI is InChI=1S/C17H12N2O7S.Na/c20-14-6-2-5-12-15(27(24,25)26)8-7-13(16(12)14)18-17(21)10-3-1-4-11(9-10)19(22)23;/h1-9,20H,(H,18,21)(H,24,25,26);/q;+1/p-1. The van der Waals surface area contributed by atoms with Crippen molar-refractivity contribution in [1.82, 2.24) is 0 Å². The average Bonchev–Trinajstić information content (AvgIpc) is 2.61. The summed E-state index contributed by atoms with van der Waals surface area (Å²) in [7, 11) is -4.81. The summed E-state index contributed by atoms with van der Waals surface area (Å²) in [5.74, 6) is -1.05. The number of rotatable bonds is 4. The third-order valence-corrected chi connectivity index (χ3v) is 4.71. The number of fused-ring (bicyclic) bond motifs is 1. The molecule has 0 saturated carbocycles. The summed E-state index contributed by atoms with van der Waals surface area (Å²) in [4.78, 5) is 22.1. The van der Waals surface area contributed by atoms with E-state index in [1.165, 1.54) is 42.5 Å². The smallest absolute Gasteiger partial charge is 0.744 e. The van der Waals surface area contributed by atoms with Crippen LogP contribution in [0, 0.1) is 10.1 Å². The van der Waals surface area contributed by atoms with Crippen molar-refractivity contribution in [2.75, 3.05) is 5.32 Å². The van der Waals surface area contributed by atoms with Crippen LogP contribution < -0.4 is 34.9 Å². The first-order chi connectivity index (χ1) is 12.7. The van der Waals surface area contributed by atoms with Crippen molar-refractivity contribution in [3.8, 4) is 5.75 Å². The Morgan fingerprint density at radius 3 is 2.39 bits per heavy atom. The van der Waals surface area contributed by atoms with E-state index in [0.717, 1.165) is 12.1 Å². The minimum absolute atomic E-state index is 0. The van der Waals surface area contributed by atoms with Crippen LogP contribution in [0.5, 0.6) is 5.75 Å². The molecule has 28 heavy (non-hydrogen) atoms. The molecule has 0 aromatic heterocycles. The number of carbonyl (C=O) groups excluding carboxylic acids is 1. The zero-order chi connectivity index (χ0) is 19.8.